The molecule has 0 saturated heterocycles. The van der Waals surface area contributed by atoms with Crippen molar-refractivity contribution in [3.05, 3.63) is 17.4 Å². The summed E-state index contributed by atoms with van der Waals surface area (Å²) < 4.78 is 0. The van der Waals surface area contributed by atoms with Gasteiger partial charge < -0.3 is 16.0 Å². The van der Waals surface area contributed by atoms with Gasteiger partial charge in [0.05, 0.1) is 11.4 Å². The van der Waals surface area contributed by atoms with Crippen LogP contribution in [0.2, 0.25) is 5.15 Å². The molecule has 1 aromatic heterocycles. The van der Waals surface area contributed by atoms with E-state index in [2.05, 4.69) is 15.2 Å². The van der Waals surface area contributed by atoms with Crippen LogP contribution in [0.1, 0.15) is 0 Å². The van der Waals surface area contributed by atoms with Gasteiger partial charge in [-0.05, 0) is 20.2 Å². The maximum atomic E-state index is 5.77. The van der Waals surface area contributed by atoms with Gasteiger partial charge in [0.1, 0.15) is 0 Å². The molecule has 0 aliphatic rings. The molecule has 1 heterocycles. The normalized spacial score (nSPS) is 10.6. The highest BCUT2D eigenvalue weighted by molar-refractivity contribution is 6.32. The van der Waals surface area contributed by atoms with E-state index < -0.39 is 0 Å². The first-order chi connectivity index (χ1) is 6.61. The molecule has 0 saturated carbocycles. The Hall–Kier alpha value is -1.00. The molecule has 0 spiro atoms. The number of anilines is 2. The first kappa shape index (κ1) is 11.1. The van der Waals surface area contributed by atoms with Gasteiger partial charge in [-0.3, -0.25) is 0 Å². The fraction of sp³-hybridized carbons (Fsp3) is 0.444. The lowest BCUT2D eigenvalue weighted by molar-refractivity contribution is 0.425. The minimum Gasteiger partial charge on any atom is -0.395 e. The molecule has 0 amide bonds. The van der Waals surface area contributed by atoms with Crippen LogP contribution in [0.15, 0.2) is 12.3 Å². The molecule has 0 unspecified atom stereocenters. The summed E-state index contributed by atoms with van der Waals surface area (Å²) in [6.45, 7) is 1.77. The second-order valence-corrected chi connectivity index (χ2v) is 3.65. The molecular formula is C9H15ClN4. The molecule has 0 aliphatic carbocycles. The van der Waals surface area contributed by atoms with Crippen LogP contribution in [0.5, 0.6) is 0 Å². The summed E-state index contributed by atoms with van der Waals surface area (Å²) in [6, 6.07) is 1.82. The number of likely N-dealkylation sites (N-methyl/N-ethyl adjacent to an activating group) is 1. The van der Waals surface area contributed by atoms with Crippen LogP contribution in [0.25, 0.3) is 0 Å². The summed E-state index contributed by atoms with van der Waals surface area (Å²) >= 11 is 5.77. The fourth-order valence-electron chi connectivity index (χ4n) is 1.02. The van der Waals surface area contributed by atoms with E-state index in [1.807, 2.05) is 20.2 Å². The monoisotopic (exact) mass is 214 g/mol. The number of halogens is 1. The average Bonchev–Trinajstić information content (AvgIpc) is 2.12. The number of nitrogens with two attached hydrogens (primary N) is 1. The van der Waals surface area contributed by atoms with Crippen molar-refractivity contribution in [3.63, 3.8) is 0 Å². The molecular weight excluding hydrogens is 200 g/mol. The van der Waals surface area contributed by atoms with Gasteiger partial charge in [-0.1, -0.05) is 11.6 Å². The topological polar surface area (TPSA) is 54.2 Å². The summed E-state index contributed by atoms with van der Waals surface area (Å²) in [6.07, 6.45) is 1.64. The number of hydrogen-bond donors (Lipinski definition) is 2. The third-order valence-electron chi connectivity index (χ3n) is 1.82. The van der Waals surface area contributed by atoms with Crippen molar-refractivity contribution in [1.29, 1.82) is 0 Å². The Morgan fingerprint density at radius 2 is 2.29 bits per heavy atom. The number of nitrogen functional groups attached to an aromatic ring is 1. The van der Waals surface area contributed by atoms with E-state index in [4.69, 9.17) is 17.3 Å². The number of aromatic nitrogens is 1. The Bertz CT molecular complexity index is 301. The highest BCUT2D eigenvalue weighted by Crippen LogP contribution is 2.23. The van der Waals surface area contributed by atoms with E-state index in [-0.39, 0.29) is 0 Å². The van der Waals surface area contributed by atoms with Crippen LogP contribution in [0.3, 0.4) is 0 Å². The van der Waals surface area contributed by atoms with Crippen molar-refractivity contribution < 1.29 is 0 Å². The number of pyridine rings is 1. The van der Waals surface area contributed by atoms with Crippen LogP contribution in [-0.4, -0.2) is 37.1 Å². The number of hydrogen-bond acceptors (Lipinski definition) is 4. The molecule has 14 heavy (non-hydrogen) atoms. The lowest BCUT2D eigenvalue weighted by atomic mass is 10.3. The zero-order chi connectivity index (χ0) is 10.6. The highest BCUT2D eigenvalue weighted by Gasteiger charge is 2.02. The number of nitrogens with one attached hydrogen (secondary N) is 1. The lowest BCUT2D eigenvalue weighted by Crippen LogP contribution is -2.21. The largest absolute Gasteiger partial charge is 0.395 e. The van der Waals surface area contributed by atoms with Crippen LogP contribution in [0.4, 0.5) is 11.4 Å². The summed E-state index contributed by atoms with van der Waals surface area (Å²) in [5.74, 6) is 0. The Morgan fingerprint density at radius 3 is 2.93 bits per heavy atom. The van der Waals surface area contributed by atoms with Gasteiger partial charge in [0.15, 0.2) is 5.15 Å². The first-order valence-corrected chi connectivity index (χ1v) is 4.77. The SMILES string of the molecule is CN(C)CCNc1ccnc(Cl)c1N. The second-order valence-electron chi connectivity index (χ2n) is 3.29. The molecule has 0 fully saturated rings. The zero-order valence-electron chi connectivity index (χ0n) is 8.42. The molecule has 3 N–H and O–H groups in total. The molecule has 1 aromatic rings. The Morgan fingerprint density at radius 1 is 1.57 bits per heavy atom. The van der Waals surface area contributed by atoms with E-state index in [1.54, 1.807) is 6.20 Å². The van der Waals surface area contributed by atoms with Crippen molar-refractivity contribution >= 4 is 23.0 Å². The van der Waals surface area contributed by atoms with Crippen molar-refractivity contribution in [1.82, 2.24) is 9.88 Å². The van der Waals surface area contributed by atoms with Gasteiger partial charge >= 0.3 is 0 Å². The molecule has 0 atom stereocenters. The fourth-order valence-corrected chi connectivity index (χ4v) is 1.17. The van der Waals surface area contributed by atoms with Gasteiger partial charge in [-0.2, -0.15) is 0 Å². The van der Waals surface area contributed by atoms with Crippen LogP contribution < -0.4 is 11.1 Å². The Labute approximate surface area is 89.1 Å². The molecule has 1 rings (SSSR count). The third-order valence-corrected chi connectivity index (χ3v) is 2.12. The van der Waals surface area contributed by atoms with Crippen molar-refractivity contribution in [2.24, 2.45) is 0 Å². The minimum atomic E-state index is 0.347. The molecule has 0 aliphatic heterocycles. The van der Waals surface area contributed by atoms with Gasteiger partial charge in [0, 0.05) is 19.3 Å². The van der Waals surface area contributed by atoms with Crippen LogP contribution >= 0.6 is 11.6 Å². The lowest BCUT2D eigenvalue weighted by Gasteiger charge is -2.12. The number of rotatable bonds is 4. The maximum absolute atomic E-state index is 5.77. The summed E-state index contributed by atoms with van der Waals surface area (Å²) in [7, 11) is 4.04. The van der Waals surface area contributed by atoms with Crippen LogP contribution in [-0.2, 0) is 0 Å². The molecule has 0 bridgehead atoms. The first-order valence-electron chi connectivity index (χ1n) is 4.40. The van der Waals surface area contributed by atoms with Crippen molar-refractivity contribution in [2.45, 2.75) is 0 Å². The van der Waals surface area contributed by atoms with Gasteiger partial charge in [-0.15, -0.1) is 0 Å². The Balaban J connectivity index is 2.54. The molecule has 78 valence electrons. The maximum Gasteiger partial charge on any atom is 0.153 e. The second kappa shape index (κ2) is 5.02. The third kappa shape index (κ3) is 3.05. The summed E-state index contributed by atoms with van der Waals surface area (Å²) in [4.78, 5) is 5.96. The molecule has 4 nitrogen and oxygen atoms in total. The van der Waals surface area contributed by atoms with E-state index in [0.717, 1.165) is 18.8 Å². The Kier molecular flexibility index (Phi) is 3.98. The van der Waals surface area contributed by atoms with Gasteiger partial charge in [0.25, 0.3) is 0 Å². The van der Waals surface area contributed by atoms with Gasteiger partial charge in [-0.25, -0.2) is 4.98 Å². The predicted octanol–water partition coefficient (Wildman–Crippen LogP) is 1.29. The average molecular weight is 215 g/mol. The molecule has 0 radical (unpaired) electrons. The predicted molar refractivity (Wildman–Crippen MR) is 60.7 cm³/mol. The van der Waals surface area contributed by atoms with E-state index in [9.17, 15) is 0 Å². The minimum absolute atomic E-state index is 0.347. The van der Waals surface area contributed by atoms with E-state index in [1.165, 1.54) is 0 Å². The molecule has 5 heteroatoms. The summed E-state index contributed by atoms with van der Waals surface area (Å²) in [5.41, 5.74) is 7.08. The summed E-state index contributed by atoms with van der Waals surface area (Å²) in [5, 5.41) is 3.54. The van der Waals surface area contributed by atoms with Crippen molar-refractivity contribution in [2.75, 3.05) is 38.2 Å². The highest BCUT2D eigenvalue weighted by atomic mass is 35.5. The van der Waals surface area contributed by atoms with E-state index >= 15 is 0 Å². The zero-order valence-corrected chi connectivity index (χ0v) is 9.17. The number of nitrogens with zero attached hydrogens (tertiary/aromatic N) is 2. The van der Waals surface area contributed by atoms with Crippen molar-refractivity contribution in [3.8, 4) is 0 Å². The van der Waals surface area contributed by atoms with E-state index in [0.29, 0.717) is 10.8 Å². The molecule has 0 aromatic carbocycles. The standard InChI is InChI=1S/C9H15ClN4/c1-14(2)6-5-12-7-3-4-13-9(10)8(7)11/h3-4H,5-6,11H2,1-2H3,(H,12,13). The smallest absolute Gasteiger partial charge is 0.153 e. The van der Waals surface area contributed by atoms with Gasteiger partial charge in [0.2, 0.25) is 0 Å². The van der Waals surface area contributed by atoms with Crippen LogP contribution in [0, 0.1) is 0 Å². The quantitative estimate of drug-likeness (QED) is 0.742.